The molecule has 0 spiro atoms. The zero-order valence-corrected chi connectivity index (χ0v) is 16.1. The Morgan fingerprint density at radius 3 is 2.65 bits per heavy atom. The fraction of sp³-hybridized carbons (Fsp3) is 0.200. The lowest BCUT2D eigenvalue weighted by molar-refractivity contribution is -0.123. The molecule has 0 aliphatic carbocycles. The Kier molecular flexibility index (Phi) is 4.31. The van der Waals surface area contributed by atoms with Crippen LogP contribution in [0.15, 0.2) is 57.3 Å². The van der Waals surface area contributed by atoms with Gasteiger partial charge in [-0.3, -0.25) is 14.6 Å². The van der Waals surface area contributed by atoms with Crippen LogP contribution in [-0.2, 0) is 16.1 Å². The first-order chi connectivity index (χ1) is 14.9. The van der Waals surface area contributed by atoms with Crippen LogP contribution in [-0.4, -0.2) is 39.0 Å². The van der Waals surface area contributed by atoms with Crippen LogP contribution < -0.4 is 4.90 Å². The quantitative estimate of drug-likeness (QED) is 0.597. The van der Waals surface area contributed by atoms with Crippen molar-refractivity contribution in [1.82, 2.24) is 15.1 Å². The Morgan fingerprint density at radius 1 is 1.06 bits per heavy atom. The van der Waals surface area contributed by atoms with E-state index in [4.69, 9.17) is 4.52 Å². The normalized spacial score (nSPS) is 20.1. The number of anilines is 1. The van der Waals surface area contributed by atoms with E-state index in [1.807, 2.05) is 31.2 Å². The molecule has 0 bridgehead atoms. The van der Waals surface area contributed by atoms with Crippen molar-refractivity contribution in [1.29, 1.82) is 0 Å². The fourth-order valence-electron chi connectivity index (χ4n) is 3.62. The molecule has 2 aliphatic rings. The third kappa shape index (κ3) is 3.05. The summed E-state index contributed by atoms with van der Waals surface area (Å²) in [6.45, 7) is 1.87. The first kappa shape index (κ1) is 19.0. The van der Waals surface area contributed by atoms with Gasteiger partial charge in [-0.1, -0.05) is 34.6 Å². The van der Waals surface area contributed by atoms with E-state index in [0.29, 0.717) is 5.82 Å². The molecule has 2 aromatic carbocycles. The fourth-order valence-corrected chi connectivity index (χ4v) is 3.62. The van der Waals surface area contributed by atoms with Gasteiger partial charge in [-0.05, 0) is 24.6 Å². The second kappa shape index (κ2) is 7.04. The van der Waals surface area contributed by atoms with Gasteiger partial charge >= 0.3 is 0 Å². The van der Waals surface area contributed by atoms with Crippen molar-refractivity contribution in [2.75, 3.05) is 4.90 Å². The van der Waals surface area contributed by atoms with Gasteiger partial charge in [0.25, 0.3) is 11.8 Å². The van der Waals surface area contributed by atoms with Gasteiger partial charge < -0.3 is 4.52 Å². The van der Waals surface area contributed by atoms with Crippen LogP contribution in [0.3, 0.4) is 0 Å². The number of amides is 2. The Bertz CT molecular complexity index is 1240. The van der Waals surface area contributed by atoms with Crippen LogP contribution in [0.25, 0.3) is 11.4 Å². The highest BCUT2D eigenvalue weighted by Crippen LogP contribution is 2.33. The number of nitrogens with zero attached hydrogens (tertiary/aromatic N) is 6. The zero-order chi connectivity index (χ0) is 21.7. The molecule has 2 aliphatic heterocycles. The van der Waals surface area contributed by atoms with Gasteiger partial charge in [0.1, 0.15) is 6.54 Å². The molecule has 0 saturated carbocycles. The molecule has 1 saturated heterocycles. The van der Waals surface area contributed by atoms with Crippen molar-refractivity contribution in [2.45, 2.75) is 25.6 Å². The maximum Gasteiger partial charge on any atom is 0.263 e. The van der Waals surface area contributed by atoms with Crippen molar-refractivity contribution in [3.63, 3.8) is 0 Å². The molecule has 3 heterocycles. The minimum Gasteiger partial charge on any atom is -0.337 e. The van der Waals surface area contributed by atoms with E-state index in [1.165, 1.54) is 5.01 Å². The number of rotatable bonds is 4. The summed E-state index contributed by atoms with van der Waals surface area (Å²) in [5.74, 6) is -2.99. The first-order valence-electron chi connectivity index (χ1n) is 9.33. The number of carbonyl (C=O) groups is 2. The van der Waals surface area contributed by atoms with Crippen LogP contribution in [0.5, 0.6) is 0 Å². The molecule has 1 aromatic heterocycles. The molecule has 0 N–H and O–H groups in total. The smallest absolute Gasteiger partial charge is 0.263 e. The summed E-state index contributed by atoms with van der Waals surface area (Å²) in [6, 6.07) is 8.20. The van der Waals surface area contributed by atoms with Crippen molar-refractivity contribution in [2.24, 2.45) is 10.3 Å². The number of hydrogen-bond donors (Lipinski definition) is 0. The minimum absolute atomic E-state index is 0.0474. The lowest BCUT2D eigenvalue weighted by Crippen LogP contribution is -2.39. The molecule has 156 valence electrons. The predicted octanol–water partition coefficient (Wildman–Crippen LogP) is 2.82. The third-order valence-electron chi connectivity index (χ3n) is 5.17. The van der Waals surface area contributed by atoms with Crippen molar-refractivity contribution in [3.05, 3.63) is 65.6 Å². The standard InChI is InChI=1S/C20H14F2N6O3/c1-10-4-2-3-5-12(10)18-23-15(31-25-18)9-27-17-16(24-26-27)19(29)28(20(17)30)11-6-7-13(21)14(22)8-11/h2-8,16-17H,9H2,1H3/t16-,17-/m1/s1. The van der Waals surface area contributed by atoms with Crippen molar-refractivity contribution < 1.29 is 22.9 Å². The summed E-state index contributed by atoms with van der Waals surface area (Å²) in [5, 5.41) is 13.0. The van der Waals surface area contributed by atoms with E-state index in [2.05, 4.69) is 20.5 Å². The monoisotopic (exact) mass is 424 g/mol. The van der Waals surface area contributed by atoms with Gasteiger partial charge in [0.2, 0.25) is 11.7 Å². The highest BCUT2D eigenvalue weighted by atomic mass is 19.2. The topological polar surface area (TPSA) is 104 Å². The molecule has 1 fully saturated rings. The van der Waals surface area contributed by atoms with Gasteiger partial charge in [-0.15, -0.1) is 0 Å². The highest BCUT2D eigenvalue weighted by molar-refractivity contribution is 6.25. The van der Waals surface area contributed by atoms with Gasteiger partial charge in [-0.2, -0.15) is 10.1 Å². The Labute approximate surface area is 173 Å². The summed E-state index contributed by atoms with van der Waals surface area (Å²) < 4.78 is 32.1. The second-order valence-corrected chi connectivity index (χ2v) is 7.13. The second-order valence-electron chi connectivity index (χ2n) is 7.13. The molecule has 11 heteroatoms. The van der Waals surface area contributed by atoms with E-state index in [0.717, 1.165) is 34.2 Å². The lowest BCUT2D eigenvalue weighted by Gasteiger charge is -2.19. The van der Waals surface area contributed by atoms with Crippen LogP contribution in [0, 0.1) is 18.6 Å². The van der Waals surface area contributed by atoms with E-state index < -0.39 is 35.5 Å². The summed E-state index contributed by atoms with van der Waals surface area (Å²) in [6.07, 6.45) is 0. The molecule has 2 amide bonds. The number of hydrogen-bond acceptors (Lipinski definition) is 8. The third-order valence-corrected chi connectivity index (χ3v) is 5.17. The molecule has 0 radical (unpaired) electrons. The van der Waals surface area contributed by atoms with E-state index >= 15 is 0 Å². The summed E-state index contributed by atoms with van der Waals surface area (Å²) in [4.78, 5) is 30.7. The molecule has 0 unspecified atom stereocenters. The van der Waals surface area contributed by atoms with Gasteiger partial charge in [0, 0.05) is 11.6 Å². The van der Waals surface area contributed by atoms with Crippen LogP contribution in [0.1, 0.15) is 11.5 Å². The predicted molar refractivity (Wildman–Crippen MR) is 101 cm³/mol. The van der Waals surface area contributed by atoms with Gasteiger partial charge in [-0.25, -0.2) is 13.7 Å². The van der Waals surface area contributed by atoms with E-state index in [9.17, 15) is 18.4 Å². The summed E-state index contributed by atoms with van der Waals surface area (Å²) in [7, 11) is 0. The average Bonchev–Trinajstić information content (AvgIpc) is 3.43. The van der Waals surface area contributed by atoms with Crippen LogP contribution in [0.4, 0.5) is 14.5 Å². The van der Waals surface area contributed by atoms with E-state index in [1.54, 1.807) is 0 Å². The van der Waals surface area contributed by atoms with Crippen LogP contribution >= 0.6 is 0 Å². The summed E-state index contributed by atoms with van der Waals surface area (Å²) in [5.41, 5.74) is 1.70. The van der Waals surface area contributed by atoms with Crippen molar-refractivity contribution in [3.8, 4) is 11.4 Å². The van der Waals surface area contributed by atoms with Crippen LogP contribution in [0.2, 0.25) is 0 Å². The number of aromatic nitrogens is 2. The number of fused-ring (bicyclic) bond motifs is 1. The molecule has 3 aromatic rings. The Hall–Kier alpha value is -4.02. The molecular formula is C20H14F2N6O3. The van der Waals surface area contributed by atoms with Gasteiger partial charge in [0.15, 0.2) is 23.7 Å². The van der Waals surface area contributed by atoms with Crippen molar-refractivity contribution >= 4 is 17.5 Å². The molecular weight excluding hydrogens is 410 g/mol. The molecule has 5 rings (SSSR count). The summed E-state index contributed by atoms with van der Waals surface area (Å²) >= 11 is 0. The molecule has 9 nitrogen and oxygen atoms in total. The SMILES string of the molecule is Cc1ccccc1-c1noc(CN2N=N[C@H]3C(=O)N(c4ccc(F)c(F)c4)C(=O)[C@@H]32)n1. The Balaban J connectivity index is 1.38. The van der Waals surface area contributed by atoms with Gasteiger partial charge in [0.05, 0.1) is 5.69 Å². The number of carbonyl (C=O) groups excluding carboxylic acids is 2. The molecule has 31 heavy (non-hydrogen) atoms. The number of halogens is 2. The highest BCUT2D eigenvalue weighted by Gasteiger charge is 2.55. The minimum atomic E-state index is -1.16. The first-order valence-corrected chi connectivity index (χ1v) is 9.33. The maximum absolute atomic E-state index is 13.6. The zero-order valence-electron chi connectivity index (χ0n) is 16.1. The van der Waals surface area contributed by atoms with E-state index in [-0.39, 0.29) is 18.1 Å². The lowest BCUT2D eigenvalue weighted by atomic mass is 10.1. The Morgan fingerprint density at radius 2 is 1.87 bits per heavy atom. The molecule has 2 atom stereocenters. The number of aryl methyl sites for hydroxylation is 1. The number of benzene rings is 2. The largest absolute Gasteiger partial charge is 0.337 e. The maximum atomic E-state index is 13.6. The number of imide groups is 1. The average molecular weight is 424 g/mol.